The van der Waals surface area contributed by atoms with E-state index in [0.717, 1.165) is 5.52 Å². The molecule has 3 nitrogen and oxygen atoms in total. The second-order valence-corrected chi connectivity index (χ2v) is 2.47. The predicted molar refractivity (Wildman–Crippen MR) is 42.3 cm³/mol. The van der Waals surface area contributed by atoms with E-state index in [4.69, 9.17) is 11.6 Å². The van der Waals surface area contributed by atoms with Crippen molar-refractivity contribution in [1.29, 1.82) is 0 Å². The summed E-state index contributed by atoms with van der Waals surface area (Å²) < 4.78 is 0. The van der Waals surface area contributed by atoms with E-state index in [1.54, 1.807) is 12.3 Å². The zero-order valence-electron chi connectivity index (χ0n) is 5.53. The number of aromatic nitrogens is 3. The fourth-order valence-electron chi connectivity index (χ4n) is 0.864. The SMILES string of the molecule is Clc1cnnc2cccnc12. The topological polar surface area (TPSA) is 38.7 Å². The molecule has 0 radical (unpaired) electrons. The smallest absolute Gasteiger partial charge is 0.113 e. The van der Waals surface area contributed by atoms with Crippen molar-refractivity contribution in [3.63, 3.8) is 0 Å². The number of halogens is 1. The fraction of sp³-hybridized carbons (Fsp3) is 0. The van der Waals surface area contributed by atoms with E-state index in [9.17, 15) is 0 Å². The Kier molecular flexibility index (Phi) is 1.43. The number of rotatable bonds is 0. The number of pyridine rings is 1. The quantitative estimate of drug-likeness (QED) is 0.596. The van der Waals surface area contributed by atoms with Gasteiger partial charge in [0.1, 0.15) is 11.0 Å². The first-order valence-electron chi connectivity index (χ1n) is 3.10. The van der Waals surface area contributed by atoms with Crippen LogP contribution in [0.25, 0.3) is 11.0 Å². The van der Waals surface area contributed by atoms with E-state index in [1.807, 2.05) is 6.07 Å². The Bertz CT molecular complexity index is 383. The van der Waals surface area contributed by atoms with Crippen LogP contribution in [0.1, 0.15) is 0 Å². The molecule has 0 fully saturated rings. The summed E-state index contributed by atoms with van der Waals surface area (Å²) in [6.45, 7) is 0. The molecular weight excluding hydrogens is 162 g/mol. The van der Waals surface area contributed by atoms with Crippen LogP contribution in [-0.4, -0.2) is 15.2 Å². The maximum Gasteiger partial charge on any atom is 0.113 e. The van der Waals surface area contributed by atoms with Crippen LogP contribution in [0.5, 0.6) is 0 Å². The van der Waals surface area contributed by atoms with E-state index < -0.39 is 0 Å². The van der Waals surface area contributed by atoms with E-state index in [1.165, 1.54) is 6.20 Å². The maximum absolute atomic E-state index is 5.79. The number of nitrogens with zero attached hydrogens (tertiary/aromatic N) is 3. The maximum atomic E-state index is 5.79. The summed E-state index contributed by atoms with van der Waals surface area (Å²) in [6.07, 6.45) is 3.16. The minimum atomic E-state index is 0.538. The van der Waals surface area contributed by atoms with E-state index in [0.29, 0.717) is 10.5 Å². The van der Waals surface area contributed by atoms with Crippen LogP contribution in [0.2, 0.25) is 5.02 Å². The van der Waals surface area contributed by atoms with Gasteiger partial charge >= 0.3 is 0 Å². The van der Waals surface area contributed by atoms with Gasteiger partial charge in [0.15, 0.2) is 0 Å². The number of fused-ring (bicyclic) bond motifs is 1. The first-order chi connectivity index (χ1) is 5.38. The van der Waals surface area contributed by atoms with E-state index in [2.05, 4.69) is 15.2 Å². The van der Waals surface area contributed by atoms with Crippen molar-refractivity contribution in [1.82, 2.24) is 15.2 Å². The molecular formula is C7H4ClN3. The Morgan fingerprint density at radius 3 is 3.09 bits per heavy atom. The molecule has 54 valence electrons. The molecule has 2 heterocycles. The number of hydrogen-bond donors (Lipinski definition) is 0. The van der Waals surface area contributed by atoms with Gasteiger partial charge in [-0.2, -0.15) is 5.10 Å². The van der Waals surface area contributed by atoms with Gasteiger partial charge in [0, 0.05) is 6.20 Å². The van der Waals surface area contributed by atoms with Crippen LogP contribution in [-0.2, 0) is 0 Å². The van der Waals surface area contributed by atoms with E-state index in [-0.39, 0.29) is 0 Å². The number of hydrogen-bond acceptors (Lipinski definition) is 3. The van der Waals surface area contributed by atoms with Crippen molar-refractivity contribution >= 4 is 22.6 Å². The van der Waals surface area contributed by atoms with Crippen LogP contribution in [0.4, 0.5) is 0 Å². The predicted octanol–water partition coefficient (Wildman–Crippen LogP) is 1.68. The Morgan fingerprint density at radius 2 is 2.27 bits per heavy atom. The van der Waals surface area contributed by atoms with Gasteiger partial charge in [0.2, 0.25) is 0 Å². The first-order valence-corrected chi connectivity index (χ1v) is 3.47. The monoisotopic (exact) mass is 165 g/mol. The molecule has 0 aromatic carbocycles. The van der Waals surface area contributed by atoms with Gasteiger partial charge in [-0.25, -0.2) is 0 Å². The molecule has 11 heavy (non-hydrogen) atoms. The summed E-state index contributed by atoms with van der Waals surface area (Å²) in [4.78, 5) is 4.05. The van der Waals surface area contributed by atoms with Crippen LogP contribution in [0, 0.1) is 0 Å². The van der Waals surface area contributed by atoms with Crippen molar-refractivity contribution in [2.75, 3.05) is 0 Å². The molecule has 2 rings (SSSR count). The lowest BCUT2D eigenvalue weighted by molar-refractivity contribution is 1.07. The molecule has 2 aromatic heterocycles. The fourth-order valence-corrected chi connectivity index (χ4v) is 1.05. The second-order valence-electron chi connectivity index (χ2n) is 2.06. The summed E-state index contributed by atoms with van der Waals surface area (Å²) in [5, 5.41) is 8.07. The van der Waals surface area contributed by atoms with Crippen molar-refractivity contribution in [2.45, 2.75) is 0 Å². The zero-order valence-corrected chi connectivity index (χ0v) is 6.28. The second kappa shape index (κ2) is 2.43. The molecule has 0 amide bonds. The van der Waals surface area contributed by atoms with Crippen molar-refractivity contribution < 1.29 is 0 Å². The van der Waals surface area contributed by atoms with Gasteiger partial charge in [0.25, 0.3) is 0 Å². The lowest BCUT2D eigenvalue weighted by atomic mass is 10.3. The molecule has 0 N–H and O–H groups in total. The van der Waals surface area contributed by atoms with Crippen LogP contribution < -0.4 is 0 Å². The molecule has 4 heteroatoms. The van der Waals surface area contributed by atoms with Gasteiger partial charge in [-0.15, -0.1) is 5.10 Å². The van der Waals surface area contributed by atoms with Crippen molar-refractivity contribution in [3.05, 3.63) is 29.5 Å². The van der Waals surface area contributed by atoms with Gasteiger partial charge in [-0.05, 0) is 12.1 Å². The molecule has 0 aliphatic carbocycles. The van der Waals surface area contributed by atoms with Crippen LogP contribution in [0.15, 0.2) is 24.5 Å². The molecule has 0 bridgehead atoms. The minimum absolute atomic E-state index is 0.538. The minimum Gasteiger partial charge on any atom is -0.253 e. The lowest BCUT2D eigenvalue weighted by Crippen LogP contribution is -1.85. The highest BCUT2D eigenvalue weighted by atomic mass is 35.5. The van der Waals surface area contributed by atoms with Crippen molar-refractivity contribution in [2.24, 2.45) is 0 Å². The van der Waals surface area contributed by atoms with Crippen LogP contribution in [0.3, 0.4) is 0 Å². The van der Waals surface area contributed by atoms with Gasteiger partial charge in [-0.1, -0.05) is 11.6 Å². The third-order valence-corrected chi connectivity index (χ3v) is 1.63. The highest BCUT2D eigenvalue weighted by Crippen LogP contribution is 2.16. The Hall–Kier alpha value is -1.22. The molecule has 0 aliphatic rings. The third-order valence-electron chi connectivity index (χ3n) is 1.35. The summed E-state index contributed by atoms with van der Waals surface area (Å²) in [5.74, 6) is 0. The average Bonchev–Trinajstić information content (AvgIpc) is 2.06. The standard InChI is InChI=1S/C7H4ClN3/c8-5-4-10-11-6-2-1-3-9-7(5)6/h1-4H. The van der Waals surface area contributed by atoms with Gasteiger partial charge in [-0.3, -0.25) is 4.98 Å². The molecule has 0 aliphatic heterocycles. The van der Waals surface area contributed by atoms with Crippen LogP contribution >= 0.6 is 11.6 Å². The van der Waals surface area contributed by atoms with Gasteiger partial charge in [0.05, 0.1) is 11.2 Å². The zero-order chi connectivity index (χ0) is 7.68. The van der Waals surface area contributed by atoms with Crippen molar-refractivity contribution in [3.8, 4) is 0 Å². The summed E-state index contributed by atoms with van der Waals surface area (Å²) in [5.41, 5.74) is 1.42. The highest BCUT2D eigenvalue weighted by Gasteiger charge is 1.98. The lowest BCUT2D eigenvalue weighted by Gasteiger charge is -1.93. The van der Waals surface area contributed by atoms with Gasteiger partial charge < -0.3 is 0 Å². The van der Waals surface area contributed by atoms with E-state index >= 15 is 0 Å². The Balaban J connectivity index is 2.91. The molecule has 0 saturated carbocycles. The Labute approximate surface area is 68.0 Å². The Morgan fingerprint density at radius 1 is 1.36 bits per heavy atom. The highest BCUT2D eigenvalue weighted by molar-refractivity contribution is 6.34. The summed E-state index contributed by atoms with van der Waals surface area (Å²) in [6, 6.07) is 3.62. The average molecular weight is 166 g/mol. The molecule has 0 unspecified atom stereocenters. The third kappa shape index (κ3) is 1.03. The first kappa shape index (κ1) is 6.49. The largest absolute Gasteiger partial charge is 0.253 e. The molecule has 0 atom stereocenters. The molecule has 0 saturated heterocycles. The summed E-state index contributed by atoms with van der Waals surface area (Å²) >= 11 is 5.79. The summed E-state index contributed by atoms with van der Waals surface area (Å²) in [7, 11) is 0. The normalized spacial score (nSPS) is 10.3. The molecule has 0 spiro atoms. The molecule has 2 aromatic rings.